The number of carboxylic acids is 1. The Hall–Kier alpha value is -3.01. The highest BCUT2D eigenvalue weighted by molar-refractivity contribution is 7.14. The fourth-order valence-corrected chi connectivity index (χ4v) is 7.77. The van der Waals surface area contributed by atoms with Crippen LogP contribution in [0.3, 0.4) is 0 Å². The predicted octanol–water partition coefficient (Wildman–Crippen LogP) is 7.13. The zero-order chi connectivity index (χ0) is 25.8. The lowest BCUT2D eigenvalue weighted by Gasteiger charge is -2.38. The van der Waals surface area contributed by atoms with E-state index >= 15 is 0 Å². The standard InChI is InChI=1S/C29H29N3O4S2/c1-16-4-2-3-5-22(16)26-23(27(36-31-26)17-6-7-17)13-35-21-11-19-8-9-20(12-21)32(19)29-30-24(15-38-29)18-10-25(28(33)34)37-14-18/h2-5,10,14-15,17,19-21H,6-9,11-13H2,1H3,(H,33,34)/t19-,20+,21?. The number of nitrogens with zero attached hydrogens (tertiary/aromatic N) is 3. The van der Waals surface area contributed by atoms with E-state index < -0.39 is 5.97 Å². The van der Waals surface area contributed by atoms with Crippen molar-refractivity contribution in [3.8, 4) is 22.5 Å². The summed E-state index contributed by atoms with van der Waals surface area (Å²) < 4.78 is 12.5. The van der Waals surface area contributed by atoms with E-state index in [1.54, 1.807) is 17.4 Å². The molecule has 9 heteroatoms. The number of carbonyl (C=O) groups is 1. The molecule has 1 N–H and O–H groups in total. The molecule has 2 bridgehead atoms. The van der Waals surface area contributed by atoms with Crippen LogP contribution in [-0.2, 0) is 11.3 Å². The van der Waals surface area contributed by atoms with E-state index in [0.717, 1.165) is 77.5 Å². The molecule has 3 aromatic heterocycles. The summed E-state index contributed by atoms with van der Waals surface area (Å²) in [7, 11) is 0. The summed E-state index contributed by atoms with van der Waals surface area (Å²) in [5.41, 5.74) is 6.11. The smallest absolute Gasteiger partial charge is 0.345 e. The van der Waals surface area contributed by atoms with E-state index in [4.69, 9.17) is 14.2 Å². The first-order chi connectivity index (χ1) is 18.5. The van der Waals surface area contributed by atoms with Gasteiger partial charge in [0.2, 0.25) is 0 Å². The lowest BCUT2D eigenvalue weighted by molar-refractivity contribution is 0.0147. The van der Waals surface area contributed by atoms with Gasteiger partial charge >= 0.3 is 5.97 Å². The highest BCUT2D eigenvalue weighted by atomic mass is 32.1. The second kappa shape index (κ2) is 9.63. The summed E-state index contributed by atoms with van der Waals surface area (Å²) in [5.74, 6) is 0.600. The van der Waals surface area contributed by atoms with Gasteiger partial charge in [-0.15, -0.1) is 22.7 Å². The predicted molar refractivity (Wildman–Crippen MR) is 148 cm³/mol. The number of hydrogen-bond acceptors (Lipinski definition) is 8. The molecule has 3 fully saturated rings. The highest BCUT2D eigenvalue weighted by Gasteiger charge is 2.43. The van der Waals surface area contributed by atoms with Crippen molar-refractivity contribution in [3.05, 3.63) is 62.9 Å². The highest BCUT2D eigenvalue weighted by Crippen LogP contribution is 2.46. The van der Waals surface area contributed by atoms with Crippen LogP contribution in [0, 0.1) is 6.92 Å². The SMILES string of the molecule is Cc1ccccc1-c1noc(C2CC2)c1COC1C[C@H]2CC[C@@H](C1)N2c1nc(-c2csc(C(=O)O)c2)cs1. The van der Waals surface area contributed by atoms with Crippen LogP contribution < -0.4 is 4.90 Å². The number of piperidine rings is 1. The summed E-state index contributed by atoms with van der Waals surface area (Å²) in [6.45, 7) is 2.65. The largest absolute Gasteiger partial charge is 0.477 e. The first kappa shape index (κ1) is 24.1. The molecule has 2 aliphatic heterocycles. The molecule has 4 aromatic rings. The Morgan fingerprint density at radius 3 is 2.63 bits per heavy atom. The molecule has 196 valence electrons. The minimum absolute atomic E-state index is 0.199. The van der Waals surface area contributed by atoms with E-state index in [9.17, 15) is 9.90 Å². The quantitative estimate of drug-likeness (QED) is 0.251. The normalized spacial score (nSPS) is 22.8. The van der Waals surface area contributed by atoms with Crippen molar-refractivity contribution in [1.29, 1.82) is 0 Å². The van der Waals surface area contributed by atoms with E-state index in [1.165, 1.54) is 16.9 Å². The van der Waals surface area contributed by atoms with Gasteiger partial charge < -0.3 is 19.3 Å². The van der Waals surface area contributed by atoms with E-state index in [0.29, 0.717) is 29.5 Å². The third-order valence-corrected chi connectivity index (χ3v) is 9.91. The Balaban J connectivity index is 1.06. The number of aromatic nitrogens is 2. The summed E-state index contributed by atoms with van der Waals surface area (Å²) in [4.78, 5) is 19.0. The molecule has 7 nitrogen and oxygen atoms in total. The average molecular weight is 548 g/mol. The van der Waals surface area contributed by atoms with E-state index in [1.807, 2.05) is 10.8 Å². The number of fused-ring (bicyclic) bond motifs is 2. The number of thiazole rings is 1. The van der Waals surface area contributed by atoms with Crippen LogP contribution >= 0.6 is 22.7 Å². The number of aryl methyl sites for hydroxylation is 1. The van der Waals surface area contributed by atoms with E-state index in [2.05, 4.69) is 41.2 Å². The van der Waals surface area contributed by atoms with E-state index in [-0.39, 0.29) is 6.10 Å². The molecule has 3 aliphatic rings. The Labute approximate surface area is 229 Å². The van der Waals surface area contributed by atoms with Gasteiger partial charge in [0.25, 0.3) is 0 Å². The molecular formula is C29H29N3O4S2. The topological polar surface area (TPSA) is 88.7 Å². The van der Waals surface area contributed by atoms with Gasteiger partial charge in [0, 0.05) is 45.5 Å². The molecule has 1 aromatic carbocycles. The van der Waals surface area contributed by atoms with Gasteiger partial charge in [-0.05, 0) is 57.1 Å². The van der Waals surface area contributed by atoms with Crippen LogP contribution in [0.1, 0.15) is 71.0 Å². The second-order valence-electron chi connectivity index (χ2n) is 10.7. The van der Waals surface area contributed by atoms with Crippen molar-refractivity contribution in [3.63, 3.8) is 0 Å². The third-order valence-electron chi connectivity index (χ3n) is 8.14. The molecule has 3 atom stereocenters. The molecule has 1 saturated carbocycles. The van der Waals surface area contributed by atoms with Crippen LogP contribution in [0.5, 0.6) is 0 Å². The second-order valence-corrected chi connectivity index (χ2v) is 12.4. The molecule has 1 aliphatic carbocycles. The maximum atomic E-state index is 11.3. The number of rotatable bonds is 8. The monoisotopic (exact) mass is 547 g/mol. The Bertz CT molecular complexity index is 1470. The number of aromatic carboxylic acids is 1. The third kappa shape index (κ3) is 4.36. The summed E-state index contributed by atoms with van der Waals surface area (Å²) in [5, 5.41) is 18.7. The maximum absolute atomic E-state index is 11.3. The summed E-state index contributed by atoms with van der Waals surface area (Å²) in [6, 6.07) is 10.9. The van der Waals surface area contributed by atoms with Crippen LogP contribution in [0.15, 0.2) is 45.6 Å². The number of ether oxygens (including phenoxy) is 1. The van der Waals surface area contributed by atoms with Crippen molar-refractivity contribution in [2.75, 3.05) is 4.90 Å². The van der Waals surface area contributed by atoms with Gasteiger partial charge in [-0.2, -0.15) is 0 Å². The summed E-state index contributed by atoms with van der Waals surface area (Å²) in [6.07, 6.45) is 6.79. The first-order valence-corrected chi connectivity index (χ1v) is 15.0. The van der Waals surface area contributed by atoms with Crippen LogP contribution in [0.4, 0.5) is 5.13 Å². The molecule has 0 spiro atoms. The molecule has 0 amide bonds. The first-order valence-electron chi connectivity index (χ1n) is 13.3. The molecule has 7 rings (SSSR count). The van der Waals surface area contributed by atoms with Gasteiger partial charge in [-0.3, -0.25) is 0 Å². The number of carboxylic acid groups (broad SMARTS) is 1. The maximum Gasteiger partial charge on any atom is 0.345 e. The molecular weight excluding hydrogens is 518 g/mol. The Kier molecular flexibility index (Phi) is 6.10. The fourth-order valence-electron chi connectivity index (χ4n) is 6.05. The van der Waals surface area contributed by atoms with Crippen LogP contribution in [-0.4, -0.2) is 39.4 Å². The van der Waals surface area contributed by atoms with Crippen molar-refractivity contribution in [2.24, 2.45) is 0 Å². The Morgan fingerprint density at radius 2 is 1.92 bits per heavy atom. The van der Waals surface area contributed by atoms with Gasteiger partial charge in [-0.1, -0.05) is 29.4 Å². The lowest BCUT2D eigenvalue weighted by Crippen LogP contribution is -2.45. The zero-order valence-corrected chi connectivity index (χ0v) is 22.8. The lowest BCUT2D eigenvalue weighted by atomic mass is 9.99. The van der Waals surface area contributed by atoms with Gasteiger partial charge in [0.15, 0.2) is 5.13 Å². The van der Waals surface area contributed by atoms with Crippen molar-refractivity contribution in [2.45, 2.75) is 76.2 Å². The fraction of sp³-hybridized carbons (Fsp3) is 0.414. The molecule has 2 saturated heterocycles. The summed E-state index contributed by atoms with van der Waals surface area (Å²) >= 11 is 2.90. The average Bonchev–Trinajstić information content (AvgIpc) is 3.26. The van der Waals surface area contributed by atoms with Crippen LogP contribution in [0.25, 0.3) is 22.5 Å². The van der Waals surface area contributed by atoms with Crippen molar-refractivity contribution < 1.29 is 19.2 Å². The number of hydrogen-bond donors (Lipinski definition) is 1. The van der Waals surface area contributed by atoms with Crippen molar-refractivity contribution in [1.82, 2.24) is 10.1 Å². The van der Waals surface area contributed by atoms with Gasteiger partial charge in [0.1, 0.15) is 16.3 Å². The minimum atomic E-state index is -0.890. The molecule has 5 heterocycles. The van der Waals surface area contributed by atoms with Crippen molar-refractivity contribution >= 4 is 33.8 Å². The Morgan fingerprint density at radius 1 is 1.13 bits per heavy atom. The molecule has 0 radical (unpaired) electrons. The van der Waals surface area contributed by atoms with Gasteiger partial charge in [0.05, 0.1) is 18.4 Å². The minimum Gasteiger partial charge on any atom is -0.477 e. The van der Waals surface area contributed by atoms with Crippen LogP contribution in [0.2, 0.25) is 0 Å². The zero-order valence-electron chi connectivity index (χ0n) is 21.1. The molecule has 1 unspecified atom stereocenters. The number of thiophene rings is 1. The molecule has 38 heavy (non-hydrogen) atoms. The van der Waals surface area contributed by atoms with Gasteiger partial charge in [-0.25, -0.2) is 9.78 Å². The number of benzene rings is 1. The number of anilines is 1.